The Hall–Kier alpha value is -1.63. The first-order valence-corrected chi connectivity index (χ1v) is 7.09. The van der Waals surface area contributed by atoms with Crippen molar-refractivity contribution in [3.05, 3.63) is 29.8 Å². The van der Waals surface area contributed by atoms with Gasteiger partial charge in [0.2, 0.25) is 5.91 Å². The lowest BCUT2D eigenvalue weighted by molar-refractivity contribution is -0.126. The van der Waals surface area contributed by atoms with Gasteiger partial charge in [0.05, 0.1) is 18.2 Å². The number of phenolic OH excluding ortho intramolecular Hbond substituents is 1. The Morgan fingerprint density at radius 1 is 1.33 bits per heavy atom. The lowest BCUT2D eigenvalue weighted by atomic mass is 9.90. The number of aliphatic hydroxyl groups excluding tert-OH is 1. The molecule has 21 heavy (non-hydrogen) atoms. The van der Waals surface area contributed by atoms with Gasteiger partial charge in [0, 0.05) is 13.2 Å². The van der Waals surface area contributed by atoms with Gasteiger partial charge in [0.25, 0.3) is 0 Å². The molecule has 1 heterocycles. The largest absolute Gasteiger partial charge is 0.508 e. The number of aliphatic hydroxyl groups is 1. The Kier molecular flexibility index (Phi) is 5.17. The summed E-state index contributed by atoms with van der Waals surface area (Å²) in [7, 11) is 0. The summed E-state index contributed by atoms with van der Waals surface area (Å²) in [5.74, 6) is -0.0998. The number of benzene rings is 1. The summed E-state index contributed by atoms with van der Waals surface area (Å²) in [5.41, 5.74) is 6.18. The van der Waals surface area contributed by atoms with Crippen LogP contribution in [0.5, 0.6) is 5.75 Å². The molecule has 0 saturated carbocycles. The average Bonchev–Trinajstić information content (AvgIpc) is 2.50. The molecule has 1 atom stereocenters. The summed E-state index contributed by atoms with van der Waals surface area (Å²) >= 11 is 0. The Bertz CT molecular complexity index is 469. The van der Waals surface area contributed by atoms with E-state index in [-0.39, 0.29) is 18.3 Å². The predicted molar refractivity (Wildman–Crippen MR) is 77.8 cm³/mol. The number of hydrogen-bond acceptors (Lipinski definition) is 5. The summed E-state index contributed by atoms with van der Waals surface area (Å²) in [6.45, 7) is 0.927. The fourth-order valence-corrected chi connectivity index (χ4v) is 2.42. The van der Waals surface area contributed by atoms with Crippen LogP contribution in [0.2, 0.25) is 0 Å². The van der Waals surface area contributed by atoms with Crippen molar-refractivity contribution < 1.29 is 19.7 Å². The molecule has 1 aliphatic heterocycles. The highest BCUT2D eigenvalue weighted by Gasteiger charge is 2.34. The maximum atomic E-state index is 12.2. The molecule has 1 aromatic rings. The number of amides is 1. The van der Waals surface area contributed by atoms with Gasteiger partial charge in [-0.2, -0.15) is 0 Å². The van der Waals surface area contributed by atoms with Crippen molar-refractivity contribution >= 4 is 5.91 Å². The van der Waals surface area contributed by atoms with Crippen LogP contribution in [0.4, 0.5) is 0 Å². The maximum absolute atomic E-state index is 12.2. The molecule has 2 rings (SSSR count). The van der Waals surface area contributed by atoms with E-state index < -0.39 is 11.6 Å². The third kappa shape index (κ3) is 4.17. The molecule has 0 aromatic heterocycles. The fraction of sp³-hybridized carbons (Fsp3) is 0.533. The summed E-state index contributed by atoms with van der Waals surface area (Å²) in [6, 6.07) is 5.90. The van der Waals surface area contributed by atoms with Gasteiger partial charge in [0.1, 0.15) is 5.75 Å². The number of nitrogens with two attached hydrogens (primary N) is 1. The smallest absolute Gasteiger partial charge is 0.237 e. The summed E-state index contributed by atoms with van der Waals surface area (Å²) in [6.07, 6.45) is 1.55. The second-order valence-electron chi connectivity index (χ2n) is 5.52. The molecule has 1 amide bonds. The van der Waals surface area contributed by atoms with Crippen LogP contribution in [0.3, 0.4) is 0 Å². The predicted octanol–water partition coefficient (Wildman–Crippen LogP) is -0.0803. The molecule has 0 bridgehead atoms. The lowest BCUT2D eigenvalue weighted by Gasteiger charge is -2.37. The van der Waals surface area contributed by atoms with E-state index in [2.05, 4.69) is 5.32 Å². The van der Waals surface area contributed by atoms with Crippen molar-refractivity contribution in [1.82, 2.24) is 5.32 Å². The molecule has 1 unspecified atom stereocenters. The van der Waals surface area contributed by atoms with Crippen LogP contribution in [0.25, 0.3) is 0 Å². The van der Waals surface area contributed by atoms with Gasteiger partial charge < -0.3 is 26.0 Å². The van der Waals surface area contributed by atoms with Crippen molar-refractivity contribution in [2.24, 2.45) is 5.73 Å². The molecule has 1 saturated heterocycles. The quantitative estimate of drug-likeness (QED) is 0.608. The number of carbonyl (C=O) groups excluding carboxylic acids is 1. The number of aromatic hydroxyl groups is 1. The highest BCUT2D eigenvalue weighted by molar-refractivity contribution is 5.82. The molecular formula is C15H22N2O4. The van der Waals surface area contributed by atoms with Crippen LogP contribution in [0, 0.1) is 0 Å². The molecule has 1 fully saturated rings. The molecule has 6 nitrogen and oxygen atoms in total. The Morgan fingerprint density at radius 3 is 2.52 bits per heavy atom. The monoisotopic (exact) mass is 294 g/mol. The first-order valence-electron chi connectivity index (χ1n) is 7.09. The van der Waals surface area contributed by atoms with E-state index in [1.807, 2.05) is 0 Å². The molecule has 6 heteroatoms. The Morgan fingerprint density at radius 2 is 1.95 bits per heavy atom. The number of carbonyl (C=O) groups is 1. The molecule has 1 aliphatic rings. The average molecular weight is 294 g/mol. The molecule has 116 valence electrons. The van der Waals surface area contributed by atoms with Crippen molar-refractivity contribution in [2.45, 2.75) is 30.8 Å². The topological polar surface area (TPSA) is 105 Å². The minimum atomic E-state index is -0.694. The van der Waals surface area contributed by atoms with Crippen LogP contribution in [0.15, 0.2) is 24.3 Å². The Labute approximate surface area is 123 Å². The SMILES string of the molecule is NC(Cc1ccc(O)cc1)C(=O)NC1(CO)CCOCC1. The third-order valence-electron chi connectivity index (χ3n) is 3.87. The van der Waals surface area contributed by atoms with Crippen LogP contribution < -0.4 is 11.1 Å². The van der Waals surface area contributed by atoms with E-state index >= 15 is 0 Å². The maximum Gasteiger partial charge on any atom is 0.237 e. The van der Waals surface area contributed by atoms with Gasteiger partial charge >= 0.3 is 0 Å². The van der Waals surface area contributed by atoms with E-state index in [9.17, 15) is 15.0 Å². The zero-order valence-electron chi connectivity index (χ0n) is 11.9. The Balaban J connectivity index is 1.93. The normalized spacial score (nSPS) is 19.0. The highest BCUT2D eigenvalue weighted by atomic mass is 16.5. The second kappa shape index (κ2) is 6.89. The third-order valence-corrected chi connectivity index (χ3v) is 3.87. The minimum absolute atomic E-state index is 0.117. The van der Waals surface area contributed by atoms with E-state index in [1.165, 1.54) is 0 Å². The van der Waals surface area contributed by atoms with Gasteiger partial charge in [-0.15, -0.1) is 0 Å². The number of rotatable bonds is 5. The number of nitrogens with one attached hydrogen (secondary N) is 1. The van der Waals surface area contributed by atoms with E-state index in [4.69, 9.17) is 10.5 Å². The van der Waals surface area contributed by atoms with E-state index in [1.54, 1.807) is 24.3 Å². The number of ether oxygens (including phenoxy) is 1. The van der Waals surface area contributed by atoms with Crippen molar-refractivity contribution in [3.63, 3.8) is 0 Å². The van der Waals surface area contributed by atoms with Crippen molar-refractivity contribution in [2.75, 3.05) is 19.8 Å². The first kappa shape index (κ1) is 15.8. The summed E-state index contributed by atoms with van der Waals surface area (Å²) in [4.78, 5) is 12.2. The van der Waals surface area contributed by atoms with Gasteiger partial charge in [-0.1, -0.05) is 12.1 Å². The molecule has 1 aromatic carbocycles. The van der Waals surface area contributed by atoms with E-state index in [0.717, 1.165) is 5.56 Å². The molecule has 0 radical (unpaired) electrons. The first-order chi connectivity index (χ1) is 10.0. The minimum Gasteiger partial charge on any atom is -0.508 e. The van der Waals surface area contributed by atoms with Crippen LogP contribution >= 0.6 is 0 Å². The van der Waals surface area contributed by atoms with Crippen LogP contribution in [-0.4, -0.2) is 47.5 Å². The number of phenols is 1. The van der Waals surface area contributed by atoms with Gasteiger partial charge in [-0.25, -0.2) is 0 Å². The molecular weight excluding hydrogens is 272 g/mol. The van der Waals surface area contributed by atoms with E-state index in [0.29, 0.717) is 32.5 Å². The zero-order chi connectivity index (χ0) is 15.3. The zero-order valence-corrected chi connectivity index (χ0v) is 11.9. The second-order valence-corrected chi connectivity index (χ2v) is 5.52. The van der Waals surface area contributed by atoms with Gasteiger partial charge in [-0.05, 0) is 37.0 Å². The molecule has 0 aliphatic carbocycles. The van der Waals surface area contributed by atoms with Gasteiger partial charge in [-0.3, -0.25) is 4.79 Å². The van der Waals surface area contributed by atoms with Crippen LogP contribution in [-0.2, 0) is 16.0 Å². The van der Waals surface area contributed by atoms with Gasteiger partial charge in [0.15, 0.2) is 0 Å². The fourth-order valence-electron chi connectivity index (χ4n) is 2.42. The van der Waals surface area contributed by atoms with Crippen LogP contribution in [0.1, 0.15) is 18.4 Å². The van der Waals surface area contributed by atoms with Crippen molar-refractivity contribution in [3.8, 4) is 5.75 Å². The van der Waals surface area contributed by atoms with Crippen molar-refractivity contribution in [1.29, 1.82) is 0 Å². The highest BCUT2D eigenvalue weighted by Crippen LogP contribution is 2.20. The summed E-state index contributed by atoms with van der Waals surface area (Å²) in [5, 5.41) is 21.7. The molecule has 5 N–H and O–H groups in total. The number of hydrogen-bond donors (Lipinski definition) is 4. The lowest BCUT2D eigenvalue weighted by Crippen LogP contribution is -2.58. The summed E-state index contributed by atoms with van der Waals surface area (Å²) < 4.78 is 5.26. The standard InChI is InChI=1S/C15H22N2O4/c16-13(9-11-1-3-12(19)4-2-11)14(20)17-15(10-18)5-7-21-8-6-15/h1-4,13,18-19H,5-10,16H2,(H,17,20). The molecule has 0 spiro atoms.